The maximum Gasteiger partial charge on any atom is 0.338 e. The maximum absolute atomic E-state index is 13.4. The number of fused-ring (bicyclic) bond motifs is 1. The first-order valence-corrected chi connectivity index (χ1v) is 11.4. The molecule has 0 saturated carbocycles. The standard InChI is InChI=1S/C27H18O12/c28-12-7-17-20-18(8-12)38-25(20)26(24(37-17)9-1-2-13(29)14(30)4-9)39-27(36)11-3-10-5-16(32)22(34)23(35)19(10)21(33)15(31)6-11/h1-8,24-26,28-30,32,34-35H,(H,31,33)/t24-,25-,26+/m1/s1. The van der Waals surface area contributed by atoms with Crippen molar-refractivity contribution in [2.24, 2.45) is 0 Å². The zero-order valence-electron chi connectivity index (χ0n) is 19.5. The number of hydrogen-bond acceptors (Lipinski definition) is 12. The molecule has 6 rings (SSSR count). The molecule has 2 aliphatic rings. The van der Waals surface area contributed by atoms with Gasteiger partial charge in [0.2, 0.25) is 11.2 Å². The van der Waals surface area contributed by atoms with Crippen molar-refractivity contribution in [3.8, 4) is 51.7 Å². The van der Waals surface area contributed by atoms with Crippen LogP contribution in [0.3, 0.4) is 0 Å². The molecule has 0 saturated heterocycles. The highest BCUT2D eigenvalue weighted by atomic mass is 16.6. The van der Waals surface area contributed by atoms with Gasteiger partial charge >= 0.3 is 5.97 Å². The predicted molar refractivity (Wildman–Crippen MR) is 131 cm³/mol. The zero-order valence-corrected chi connectivity index (χ0v) is 19.5. The summed E-state index contributed by atoms with van der Waals surface area (Å²) in [6, 6.07) is 9.36. The summed E-state index contributed by atoms with van der Waals surface area (Å²) >= 11 is 0. The third kappa shape index (κ3) is 3.61. The quantitative estimate of drug-likeness (QED) is 0.150. The first-order valence-electron chi connectivity index (χ1n) is 11.4. The van der Waals surface area contributed by atoms with E-state index in [1.807, 2.05) is 0 Å². The van der Waals surface area contributed by atoms with Crippen LogP contribution >= 0.6 is 0 Å². The molecule has 198 valence electrons. The molecule has 12 heteroatoms. The number of benzene rings is 3. The Bertz CT molecular complexity index is 1780. The van der Waals surface area contributed by atoms with E-state index in [-0.39, 0.29) is 28.0 Å². The minimum atomic E-state index is -1.19. The SMILES string of the molecule is O=C(O[C@H]1[C@@H](c2ccc(O)c(O)c2)Oc2cc(O)cc3c2[C@H]1O3)c1cc(O)c(=O)c2c(O)c(O)c(O)cc2c1. The molecule has 0 aliphatic carbocycles. The highest BCUT2D eigenvalue weighted by Gasteiger charge is 2.50. The minimum absolute atomic E-state index is 0.130. The lowest BCUT2D eigenvalue weighted by molar-refractivity contribution is -0.0932. The van der Waals surface area contributed by atoms with Crippen molar-refractivity contribution in [1.29, 1.82) is 0 Å². The number of phenols is 6. The molecule has 4 aromatic rings. The van der Waals surface area contributed by atoms with Gasteiger partial charge in [-0.25, -0.2) is 4.79 Å². The Morgan fingerprint density at radius 2 is 1.41 bits per heavy atom. The lowest BCUT2D eigenvalue weighted by Gasteiger charge is -2.44. The molecule has 0 fully saturated rings. The van der Waals surface area contributed by atoms with Crippen LogP contribution in [-0.2, 0) is 4.74 Å². The summed E-state index contributed by atoms with van der Waals surface area (Å²) in [6.45, 7) is 0. The van der Waals surface area contributed by atoms with E-state index in [1.165, 1.54) is 30.3 Å². The van der Waals surface area contributed by atoms with Gasteiger partial charge in [-0.15, -0.1) is 0 Å². The third-order valence-corrected chi connectivity index (χ3v) is 6.63. The number of rotatable bonds is 3. The van der Waals surface area contributed by atoms with Gasteiger partial charge in [0, 0.05) is 17.7 Å². The van der Waals surface area contributed by atoms with Crippen molar-refractivity contribution in [3.63, 3.8) is 0 Å². The van der Waals surface area contributed by atoms with E-state index in [0.717, 1.165) is 18.2 Å². The van der Waals surface area contributed by atoms with Crippen molar-refractivity contribution in [1.82, 2.24) is 0 Å². The normalized spacial score (nSPS) is 18.8. The Hall–Kier alpha value is -5.52. The molecule has 2 aliphatic heterocycles. The fourth-order valence-electron chi connectivity index (χ4n) is 4.77. The van der Waals surface area contributed by atoms with Crippen molar-refractivity contribution in [3.05, 3.63) is 75.4 Å². The second-order valence-corrected chi connectivity index (χ2v) is 9.07. The van der Waals surface area contributed by atoms with Gasteiger partial charge in [0.15, 0.2) is 47.1 Å². The first-order chi connectivity index (χ1) is 18.5. The number of carbonyl (C=O) groups is 1. The second-order valence-electron chi connectivity index (χ2n) is 9.07. The van der Waals surface area contributed by atoms with Gasteiger partial charge in [0.1, 0.15) is 17.2 Å². The summed E-state index contributed by atoms with van der Waals surface area (Å²) in [4.78, 5) is 26.0. The Morgan fingerprint density at radius 1 is 0.718 bits per heavy atom. The molecule has 0 amide bonds. The van der Waals surface area contributed by atoms with E-state index < -0.39 is 69.6 Å². The van der Waals surface area contributed by atoms with Crippen LogP contribution in [0.25, 0.3) is 10.8 Å². The number of carbonyl (C=O) groups excluding carboxylic acids is 1. The summed E-state index contributed by atoms with van der Waals surface area (Å²) in [5.74, 6) is -5.16. The Kier molecular flexibility index (Phi) is 5.04. The molecule has 12 nitrogen and oxygen atoms in total. The second kappa shape index (κ2) is 8.25. The van der Waals surface area contributed by atoms with Crippen molar-refractivity contribution >= 4 is 16.7 Å². The predicted octanol–water partition coefficient (Wildman–Crippen LogP) is 2.93. The highest BCUT2D eigenvalue weighted by molar-refractivity contribution is 5.98. The molecule has 0 aromatic heterocycles. The van der Waals surface area contributed by atoms with Crippen LogP contribution in [0, 0.1) is 0 Å². The molecule has 0 unspecified atom stereocenters. The summed E-state index contributed by atoms with van der Waals surface area (Å²) in [5.41, 5.74) is -0.666. The average Bonchev–Trinajstić information content (AvgIpc) is 2.99. The molecular formula is C27H18O12. The summed E-state index contributed by atoms with van der Waals surface area (Å²) in [5, 5.41) is 69.2. The number of aromatic hydroxyl groups is 7. The van der Waals surface area contributed by atoms with E-state index in [2.05, 4.69) is 0 Å². The molecular weight excluding hydrogens is 516 g/mol. The van der Waals surface area contributed by atoms with Crippen LogP contribution in [0.2, 0.25) is 0 Å². The van der Waals surface area contributed by atoms with Gasteiger partial charge in [0.05, 0.1) is 16.5 Å². The Labute approximate surface area is 217 Å². The van der Waals surface area contributed by atoms with E-state index in [0.29, 0.717) is 11.3 Å². The van der Waals surface area contributed by atoms with Crippen LogP contribution in [0.15, 0.2) is 53.3 Å². The lowest BCUT2D eigenvalue weighted by Crippen LogP contribution is -2.44. The monoisotopic (exact) mass is 534 g/mol. The van der Waals surface area contributed by atoms with Gasteiger partial charge in [-0.3, -0.25) is 4.79 Å². The van der Waals surface area contributed by atoms with Crippen LogP contribution in [0.5, 0.6) is 51.7 Å². The molecule has 39 heavy (non-hydrogen) atoms. The molecule has 3 atom stereocenters. The van der Waals surface area contributed by atoms with Crippen molar-refractivity contribution < 1.29 is 54.8 Å². The molecule has 0 radical (unpaired) electrons. The molecule has 0 bridgehead atoms. The molecule has 0 spiro atoms. The molecule has 2 heterocycles. The highest BCUT2D eigenvalue weighted by Crippen LogP contribution is 2.56. The number of hydrogen-bond donors (Lipinski definition) is 7. The Morgan fingerprint density at radius 3 is 2.10 bits per heavy atom. The number of ether oxygens (including phenoxy) is 3. The van der Waals surface area contributed by atoms with Crippen molar-refractivity contribution in [2.45, 2.75) is 18.3 Å². The van der Waals surface area contributed by atoms with Gasteiger partial charge in [0.25, 0.3) is 0 Å². The number of esters is 1. The smallest absolute Gasteiger partial charge is 0.338 e. The van der Waals surface area contributed by atoms with Crippen LogP contribution < -0.4 is 14.9 Å². The van der Waals surface area contributed by atoms with Gasteiger partial charge < -0.3 is 50.0 Å². The lowest BCUT2D eigenvalue weighted by atomic mass is 9.88. The van der Waals surface area contributed by atoms with E-state index in [1.54, 1.807) is 0 Å². The number of phenolic OH excluding ortho intramolecular Hbond substituents is 6. The summed E-state index contributed by atoms with van der Waals surface area (Å²) in [6.07, 6.45) is -3.16. The third-order valence-electron chi connectivity index (χ3n) is 6.63. The van der Waals surface area contributed by atoms with Crippen LogP contribution in [-0.4, -0.2) is 47.8 Å². The zero-order chi connectivity index (χ0) is 27.7. The molecule has 4 aromatic carbocycles. The summed E-state index contributed by atoms with van der Waals surface area (Å²) < 4.78 is 17.5. The van der Waals surface area contributed by atoms with Crippen molar-refractivity contribution in [2.75, 3.05) is 0 Å². The van der Waals surface area contributed by atoms with Gasteiger partial charge in [-0.1, -0.05) is 6.07 Å². The Balaban J connectivity index is 1.45. The average molecular weight is 534 g/mol. The van der Waals surface area contributed by atoms with Gasteiger partial charge in [-0.2, -0.15) is 0 Å². The summed E-state index contributed by atoms with van der Waals surface area (Å²) in [7, 11) is 0. The van der Waals surface area contributed by atoms with E-state index >= 15 is 0 Å². The largest absolute Gasteiger partial charge is 0.508 e. The first kappa shape index (κ1) is 23.9. The van der Waals surface area contributed by atoms with Gasteiger partial charge in [-0.05, 0) is 35.7 Å². The fraction of sp³-hybridized carbons (Fsp3) is 0.111. The van der Waals surface area contributed by atoms with E-state index in [4.69, 9.17) is 14.2 Å². The maximum atomic E-state index is 13.4. The topological polar surface area (TPSA) is 203 Å². The minimum Gasteiger partial charge on any atom is -0.508 e. The fourth-order valence-corrected chi connectivity index (χ4v) is 4.77. The molecule has 7 N–H and O–H groups in total. The van der Waals surface area contributed by atoms with Crippen LogP contribution in [0.1, 0.15) is 33.7 Å². The van der Waals surface area contributed by atoms with E-state index in [9.17, 15) is 45.3 Å². The van der Waals surface area contributed by atoms with Crippen LogP contribution in [0.4, 0.5) is 0 Å².